The summed E-state index contributed by atoms with van der Waals surface area (Å²) in [5, 5.41) is 0. The number of likely N-dealkylation sites (tertiary alicyclic amines) is 1. The van der Waals surface area contributed by atoms with Crippen LogP contribution in [0.3, 0.4) is 0 Å². The minimum Gasteiger partial charge on any atom is -0.339 e. The van der Waals surface area contributed by atoms with Crippen LogP contribution in [0.15, 0.2) is 30.3 Å². The van der Waals surface area contributed by atoms with Crippen molar-refractivity contribution in [1.82, 2.24) is 9.21 Å². The zero-order valence-electron chi connectivity index (χ0n) is 17.9. The van der Waals surface area contributed by atoms with Crippen molar-refractivity contribution < 1.29 is 13.2 Å². The summed E-state index contributed by atoms with van der Waals surface area (Å²) in [7, 11) is -3.17. The molecule has 2 aliphatic heterocycles. The molecule has 1 aromatic carbocycles. The number of hydrogen-bond donors (Lipinski definition) is 0. The van der Waals surface area contributed by atoms with E-state index in [1.807, 2.05) is 13.0 Å². The Balaban J connectivity index is 1.63. The van der Waals surface area contributed by atoms with Crippen molar-refractivity contribution in [3.8, 4) is 0 Å². The van der Waals surface area contributed by atoms with E-state index >= 15 is 0 Å². The summed E-state index contributed by atoms with van der Waals surface area (Å²) in [5.74, 6) is 0.803. The first kappa shape index (κ1) is 22.3. The zero-order chi connectivity index (χ0) is 20.9. The SMILES string of the molecule is CCCCS(=O)(=O)N1CCC(C(=O)N2CCC[C@H]2[C@H](CC)c2ccccc2)CC1. The number of benzene rings is 1. The number of nitrogens with zero attached hydrogens (tertiary/aromatic N) is 2. The Bertz CT molecular complexity index is 758. The molecule has 2 fully saturated rings. The van der Waals surface area contributed by atoms with Gasteiger partial charge in [0.1, 0.15) is 0 Å². The molecule has 5 nitrogen and oxygen atoms in total. The second-order valence-corrected chi connectivity index (χ2v) is 10.6. The van der Waals surface area contributed by atoms with Gasteiger partial charge in [-0.25, -0.2) is 12.7 Å². The predicted octanol–water partition coefficient (Wildman–Crippen LogP) is 4.01. The van der Waals surface area contributed by atoms with Gasteiger partial charge in [-0.1, -0.05) is 50.6 Å². The number of amides is 1. The summed E-state index contributed by atoms with van der Waals surface area (Å²) in [6.45, 7) is 6.01. The maximum atomic E-state index is 13.3. The standard InChI is InChI=1S/C23H36N2O3S/c1-3-5-18-29(27,28)24-16-13-20(14-17-24)23(26)25-15-9-12-22(25)21(4-2)19-10-7-6-8-11-19/h6-8,10-11,20-22H,3-5,9,12-18H2,1-2H3/t21-,22+/m1/s1. The fourth-order valence-corrected chi connectivity index (χ4v) is 6.66. The summed E-state index contributed by atoms with van der Waals surface area (Å²) in [6.07, 6.45) is 6.02. The van der Waals surface area contributed by atoms with Gasteiger partial charge in [-0.15, -0.1) is 0 Å². The highest BCUT2D eigenvalue weighted by Crippen LogP contribution is 2.35. The molecule has 0 radical (unpaired) electrons. The molecule has 0 saturated carbocycles. The molecule has 0 aliphatic carbocycles. The van der Waals surface area contributed by atoms with Crippen molar-refractivity contribution in [3.05, 3.63) is 35.9 Å². The zero-order valence-corrected chi connectivity index (χ0v) is 18.7. The first-order valence-corrected chi connectivity index (χ1v) is 12.9. The van der Waals surface area contributed by atoms with Gasteiger partial charge in [0.05, 0.1) is 5.75 Å². The minimum absolute atomic E-state index is 0.0403. The van der Waals surface area contributed by atoms with Crippen LogP contribution in [0.2, 0.25) is 0 Å². The summed E-state index contributed by atoms with van der Waals surface area (Å²) >= 11 is 0. The van der Waals surface area contributed by atoms with Crippen molar-refractivity contribution in [2.45, 2.75) is 70.8 Å². The highest BCUT2D eigenvalue weighted by Gasteiger charge is 2.39. The highest BCUT2D eigenvalue weighted by atomic mass is 32.2. The maximum Gasteiger partial charge on any atom is 0.226 e. The Morgan fingerprint density at radius 2 is 1.76 bits per heavy atom. The topological polar surface area (TPSA) is 57.7 Å². The molecule has 2 atom stereocenters. The normalized spacial score (nSPS) is 22.7. The van der Waals surface area contributed by atoms with Crippen molar-refractivity contribution in [2.75, 3.05) is 25.4 Å². The van der Waals surface area contributed by atoms with Gasteiger partial charge in [0.15, 0.2) is 0 Å². The molecular weight excluding hydrogens is 384 g/mol. The number of hydrogen-bond acceptors (Lipinski definition) is 3. The van der Waals surface area contributed by atoms with E-state index in [0.717, 1.165) is 32.2 Å². The van der Waals surface area contributed by atoms with Crippen LogP contribution >= 0.6 is 0 Å². The van der Waals surface area contributed by atoms with Gasteiger partial charge in [0.25, 0.3) is 0 Å². The lowest BCUT2D eigenvalue weighted by Crippen LogP contribution is -2.47. The van der Waals surface area contributed by atoms with Gasteiger partial charge in [-0.05, 0) is 44.1 Å². The molecule has 3 rings (SSSR count). The molecule has 2 saturated heterocycles. The lowest BCUT2D eigenvalue weighted by Gasteiger charge is -2.37. The summed E-state index contributed by atoms with van der Waals surface area (Å²) < 4.78 is 26.5. The molecule has 2 aliphatic rings. The molecule has 1 aromatic rings. The predicted molar refractivity (Wildman–Crippen MR) is 117 cm³/mol. The quantitative estimate of drug-likeness (QED) is 0.638. The average molecular weight is 421 g/mol. The van der Waals surface area contributed by atoms with Crippen LogP contribution < -0.4 is 0 Å². The van der Waals surface area contributed by atoms with Crippen LogP contribution in [-0.2, 0) is 14.8 Å². The van der Waals surface area contributed by atoms with E-state index in [-0.39, 0.29) is 23.6 Å². The number of unbranched alkanes of at least 4 members (excludes halogenated alkanes) is 1. The smallest absolute Gasteiger partial charge is 0.226 e. The van der Waals surface area contributed by atoms with Gasteiger partial charge in [0, 0.05) is 37.5 Å². The molecule has 1 amide bonds. The van der Waals surface area contributed by atoms with Crippen LogP contribution in [-0.4, -0.2) is 55.0 Å². The largest absolute Gasteiger partial charge is 0.339 e. The molecule has 29 heavy (non-hydrogen) atoms. The second kappa shape index (κ2) is 10.1. The van der Waals surface area contributed by atoms with Gasteiger partial charge in [-0.2, -0.15) is 0 Å². The lowest BCUT2D eigenvalue weighted by molar-refractivity contribution is -0.138. The van der Waals surface area contributed by atoms with Crippen LogP contribution in [0.25, 0.3) is 0 Å². The molecule has 0 unspecified atom stereocenters. The second-order valence-electron chi connectivity index (χ2n) is 8.51. The molecule has 0 N–H and O–H groups in total. The van der Waals surface area contributed by atoms with Crippen molar-refractivity contribution in [1.29, 1.82) is 0 Å². The number of carbonyl (C=O) groups is 1. The average Bonchev–Trinajstić information content (AvgIpc) is 3.22. The Kier molecular flexibility index (Phi) is 7.74. The third kappa shape index (κ3) is 5.21. The number of sulfonamides is 1. The van der Waals surface area contributed by atoms with Gasteiger partial charge in [0.2, 0.25) is 15.9 Å². The molecule has 2 heterocycles. The first-order chi connectivity index (χ1) is 14.0. The maximum absolute atomic E-state index is 13.3. The number of rotatable bonds is 8. The third-order valence-corrected chi connectivity index (χ3v) is 8.62. The minimum atomic E-state index is -3.17. The molecular formula is C23H36N2O3S. The van der Waals surface area contributed by atoms with E-state index in [2.05, 4.69) is 36.1 Å². The van der Waals surface area contributed by atoms with Gasteiger partial charge >= 0.3 is 0 Å². The summed E-state index contributed by atoms with van der Waals surface area (Å²) in [6, 6.07) is 10.8. The van der Waals surface area contributed by atoms with E-state index in [0.29, 0.717) is 38.3 Å². The van der Waals surface area contributed by atoms with Crippen molar-refractivity contribution in [3.63, 3.8) is 0 Å². The molecule has 162 valence electrons. The van der Waals surface area contributed by atoms with Gasteiger partial charge in [-0.3, -0.25) is 4.79 Å². The Morgan fingerprint density at radius 1 is 1.07 bits per heavy atom. The highest BCUT2D eigenvalue weighted by molar-refractivity contribution is 7.89. The number of carbonyl (C=O) groups excluding carboxylic acids is 1. The van der Waals surface area contributed by atoms with Crippen LogP contribution in [0.5, 0.6) is 0 Å². The Labute approximate surface area is 176 Å². The molecule has 6 heteroatoms. The summed E-state index contributed by atoms with van der Waals surface area (Å²) in [4.78, 5) is 15.5. The van der Waals surface area contributed by atoms with Crippen LogP contribution in [0.1, 0.15) is 70.3 Å². The lowest BCUT2D eigenvalue weighted by atomic mass is 9.87. The Morgan fingerprint density at radius 3 is 2.38 bits per heavy atom. The number of piperidine rings is 1. The Hall–Kier alpha value is -1.40. The van der Waals surface area contributed by atoms with E-state index in [1.165, 1.54) is 5.56 Å². The van der Waals surface area contributed by atoms with E-state index in [4.69, 9.17) is 0 Å². The fraction of sp³-hybridized carbons (Fsp3) is 0.696. The van der Waals surface area contributed by atoms with Crippen LogP contribution in [0.4, 0.5) is 0 Å². The van der Waals surface area contributed by atoms with E-state index in [9.17, 15) is 13.2 Å². The molecule has 0 bridgehead atoms. The molecule has 0 spiro atoms. The first-order valence-electron chi connectivity index (χ1n) is 11.3. The van der Waals surface area contributed by atoms with Crippen molar-refractivity contribution >= 4 is 15.9 Å². The summed E-state index contributed by atoms with van der Waals surface area (Å²) in [5.41, 5.74) is 1.32. The fourth-order valence-electron chi connectivity index (χ4n) is 4.99. The van der Waals surface area contributed by atoms with E-state index in [1.54, 1.807) is 4.31 Å². The van der Waals surface area contributed by atoms with E-state index < -0.39 is 10.0 Å². The monoisotopic (exact) mass is 420 g/mol. The van der Waals surface area contributed by atoms with Crippen molar-refractivity contribution in [2.24, 2.45) is 5.92 Å². The van der Waals surface area contributed by atoms with Gasteiger partial charge < -0.3 is 4.90 Å². The third-order valence-electron chi connectivity index (χ3n) is 6.67. The molecule has 0 aromatic heterocycles. The van der Waals surface area contributed by atoms with Crippen LogP contribution in [0, 0.1) is 5.92 Å².